The Balaban J connectivity index is 1.79. The third-order valence-corrected chi connectivity index (χ3v) is 3.90. The molecule has 0 spiro atoms. The normalized spacial score (nSPS) is 10.9. The average molecular weight is 374 g/mol. The minimum absolute atomic E-state index is 0.0860. The number of halogens is 2. The maximum atomic E-state index is 13.6. The van der Waals surface area contributed by atoms with Gasteiger partial charge in [-0.05, 0) is 31.2 Å². The van der Waals surface area contributed by atoms with Gasteiger partial charge in [-0.2, -0.15) is 0 Å². The van der Waals surface area contributed by atoms with E-state index in [1.54, 1.807) is 24.3 Å². The van der Waals surface area contributed by atoms with Crippen LogP contribution >= 0.6 is 0 Å². The van der Waals surface area contributed by atoms with Crippen LogP contribution in [0.4, 0.5) is 8.78 Å². The van der Waals surface area contributed by atoms with Gasteiger partial charge in [0, 0.05) is 17.6 Å². The fraction of sp³-hybridized carbons (Fsp3) is 0.200. The van der Waals surface area contributed by atoms with E-state index in [1.165, 1.54) is 0 Å². The van der Waals surface area contributed by atoms with Crippen molar-refractivity contribution in [3.63, 3.8) is 0 Å². The van der Waals surface area contributed by atoms with Crippen LogP contribution in [0.5, 0.6) is 0 Å². The molecule has 3 rings (SSSR count). The van der Waals surface area contributed by atoms with Gasteiger partial charge in [-0.25, -0.2) is 13.6 Å². The third kappa shape index (κ3) is 4.03. The Bertz CT molecular complexity index is 993. The van der Waals surface area contributed by atoms with E-state index >= 15 is 0 Å². The quantitative estimate of drug-likeness (QED) is 0.456. The minimum Gasteiger partial charge on any atom is -0.451 e. The summed E-state index contributed by atoms with van der Waals surface area (Å²) in [6.07, 6.45) is 0. The molecule has 0 atom stereocenters. The lowest BCUT2D eigenvalue weighted by Crippen LogP contribution is -2.16. The zero-order valence-corrected chi connectivity index (χ0v) is 14.5. The van der Waals surface area contributed by atoms with Gasteiger partial charge in [-0.1, -0.05) is 18.2 Å². The fourth-order valence-electron chi connectivity index (χ4n) is 2.60. The van der Waals surface area contributed by atoms with E-state index in [4.69, 9.17) is 13.9 Å². The summed E-state index contributed by atoms with van der Waals surface area (Å²) in [6.45, 7) is 1.63. The van der Waals surface area contributed by atoms with Gasteiger partial charge in [0.2, 0.25) is 11.5 Å². The largest absolute Gasteiger partial charge is 0.451 e. The standard InChI is InChI=1S/C20H16F2O5/c1-2-25-10-15-13-5-3-4-6-18(13)27-19(15)20(24)26-11-17(23)14-9-12(21)7-8-16(14)22/h3-9H,2,10-11H2,1H3. The molecule has 0 unspecified atom stereocenters. The molecule has 3 aromatic rings. The molecule has 1 heterocycles. The summed E-state index contributed by atoms with van der Waals surface area (Å²) in [5.74, 6) is -3.48. The Morgan fingerprint density at radius 2 is 1.89 bits per heavy atom. The van der Waals surface area contributed by atoms with Crippen LogP contribution in [0.3, 0.4) is 0 Å². The van der Waals surface area contributed by atoms with Gasteiger partial charge in [0.25, 0.3) is 0 Å². The van der Waals surface area contributed by atoms with Crippen LogP contribution in [0.2, 0.25) is 0 Å². The molecule has 7 heteroatoms. The summed E-state index contributed by atoms with van der Waals surface area (Å²) in [7, 11) is 0. The molecule has 0 fully saturated rings. The van der Waals surface area contributed by atoms with Crippen molar-refractivity contribution < 1.29 is 32.3 Å². The molecular formula is C20H16F2O5. The van der Waals surface area contributed by atoms with Crippen molar-refractivity contribution in [1.29, 1.82) is 0 Å². The number of Topliss-reactive ketones (excluding diaryl/α,β-unsaturated/α-hetero) is 1. The molecule has 0 aliphatic rings. The predicted molar refractivity (Wildman–Crippen MR) is 92.5 cm³/mol. The molecule has 1 aromatic heterocycles. The van der Waals surface area contributed by atoms with E-state index in [2.05, 4.69) is 0 Å². The average Bonchev–Trinajstić information content (AvgIpc) is 3.04. The van der Waals surface area contributed by atoms with Crippen molar-refractivity contribution >= 4 is 22.7 Å². The summed E-state index contributed by atoms with van der Waals surface area (Å²) in [4.78, 5) is 24.4. The molecule has 0 saturated heterocycles. The highest BCUT2D eigenvalue weighted by atomic mass is 19.1. The predicted octanol–water partition coefficient (Wildman–Crippen LogP) is 4.29. The summed E-state index contributed by atoms with van der Waals surface area (Å²) < 4.78 is 42.7. The lowest BCUT2D eigenvalue weighted by molar-refractivity contribution is 0.0438. The highest BCUT2D eigenvalue weighted by Gasteiger charge is 2.23. The van der Waals surface area contributed by atoms with Crippen molar-refractivity contribution in [2.75, 3.05) is 13.2 Å². The van der Waals surface area contributed by atoms with E-state index in [1.807, 2.05) is 6.92 Å². The van der Waals surface area contributed by atoms with Crippen LogP contribution in [0.25, 0.3) is 11.0 Å². The van der Waals surface area contributed by atoms with Crippen molar-refractivity contribution in [3.05, 3.63) is 71.0 Å². The van der Waals surface area contributed by atoms with Crippen LogP contribution < -0.4 is 0 Å². The topological polar surface area (TPSA) is 65.7 Å². The van der Waals surface area contributed by atoms with Crippen molar-refractivity contribution in [2.45, 2.75) is 13.5 Å². The van der Waals surface area contributed by atoms with Crippen LogP contribution in [-0.4, -0.2) is 25.0 Å². The summed E-state index contributed by atoms with van der Waals surface area (Å²) in [5, 5.41) is 0.695. The second-order valence-corrected chi connectivity index (χ2v) is 5.67. The Labute approximate surface area is 153 Å². The second-order valence-electron chi connectivity index (χ2n) is 5.67. The van der Waals surface area contributed by atoms with Crippen LogP contribution in [0, 0.1) is 11.6 Å². The molecule has 27 heavy (non-hydrogen) atoms. The van der Waals surface area contributed by atoms with E-state index in [9.17, 15) is 18.4 Å². The number of rotatable bonds is 7. The van der Waals surface area contributed by atoms with Crippen LogP contribution in [0.15, 0.2) is 46.9 Å². The highest BCUT2D eigenvalue weighted by Crippen LogP contribution is 2.27. The number of ether oxygens (including phenoxy) is 2. The van der Waals surface area contributed by atoms with Crippen molar-refractivity contribution in [2.24, 2.45) is 0 Å². The highest BCUT2D eigenvalue weighted by molar-refractivity contribution is 6.00. The fourth-order valence-corrected chi connectivity index (χ4v) is 2.60. The van der Waals surface area contributed by atoms with Gasteiger partial charge < -0.3 is 13.9 Å². The molecule has 5 nitrogen and oxygen atoms in total. The molecule has 0 radical (unpaired) electrons. The van der Waals surface area contributed by atoms with Crippen LogP contribution in [0.1, 0.15) is 33.4 Å². The van der Waals surface area contributed by atoms with Crippen molar-refractivity contribution in [3.8, 4) is 0 Å². The first-order valence-corrected chi connectivity index (χ1v) is 8.24. The van der Waals surface area contributed by atoms with Gasteiger partial charge in [-0.3, -0.25) is 4.79 Å². The molecular weight excluding hydrogens is 358 g/mol. The van der Waals surface area contributed by atoms with E-state index in [0.717, 1.165) is 18.2 Å². The Morgan fingerprint density at radius 3 is 2.67 bits per heavy atom. The lowest BCUT2D eigenvalue weighted by Gasteiger charge is -2.06. The summed E-state index contributed by atoms with van der Waals surface area (Å²) >= 11 is 0. The number of carbonyl (C=O) groups is 2. The molecule has 0 N–H and O–H groups in total. The number of fused-ring (bicyclic) bond motifs is 1. The zero-order valence-electron chi connectivity index (χ0n) is 14.5. The minimum atomic E-state index is -0.891. The van der Waals surface area contributed by atoms with E-state index < -0.39 is 35.6 Å². The first kappa shape index (κ1) is 18.7. The molecule has 0 amide bonds. The van der Waals surface area contributed by atoms with Gasteiger partial charge >= 0.3 is 5.97 Å². The smallest absolute Gasteiger partial charge is 0.375 e. The molecule has 0 aliphatic heterocycles. The summed E-state index contributed by atoms with van der Waals surface area (Å²) in [5.41, 5.74) is 0.491. The second kappa shape index (κ2) is 8.09. The lowest BCUT2D eigenvalue weighted by atomic mass is 10.1. The first-order valence-electron chi connectivity index (χ1n) is 8.24. The van der Waals surface area contributed by atoms with Crippen molar-refractivity contribution in [1.82, 2.24) is 0 Å². The number of furan rings is 1. The molecule has 0 saturated carbocycles. The number of esters is 1. The number of benzene rings is 2. The number of ketones is 1. The molecule has 0 bridgehead atoms. The zero-order chi connectivity index (χ0) is 19.4. The number of hydrogen-bond donors (Lipinski definition) is 0. The molecule has 2 aromatic carbocycles. The third-order valence-electron chi connectivity index (χ3n) is 3.90. The monoisotopic (exact) mass is 374 g/mol. The Hall–Kier alpha value is -3.06. The van der Waals surface area contributed by atoms with Gasteiger partial charge in [0.05, 0.1) is 12.2 Å². The summed E-state index contributed by atoms with van der Waals surface area (Å²) in [6, 6.07) is 9.50. The van der Waals surface area contributed by atoms with E-state index in [0.29, 0.717) is 23.1 Å². The number of para-hydroxylation sites is 1. The van der Waals surface area contributed by atoms with Crippen LogP contribution in [-0.2, 0) is 16.1 Å². The maximum Gasteiger partial charge on any atom is 0.375 e. The first-order chi connectivity index (χ1) is 13.0. The van der Waals surface area contributed by atoms with Gasteiger partial charge in [0.1, 0.15) is 17.2 Å². The van der Waals surface area contributed by atoms with E-state index in [-0.39, 0.29) is 12.4 Å². The Morgan fingerprint density at radius 1 is 1.11 bits per heavy atom. The number of carbonyl (C=O) groups excluding carboxylic acids is 2. The Kier molecular flexibility index (Phi) is 5.61. The molecule has 0 aliphatic carbocycles. The maximum absolute atomic E-state index is 13.6. The van der Waals surface area contributed by atoms with Gasteiger partial charge in [0.15, 0.2) is 6.61 Å². The molecule has 140 valence electrons. The number of hydrogen-bond acceptors (Lipinski definition) is 5. The van der Waals surface area contributed by atoms with Gasteiger partial charge in [-0.15, -0.1) is 0 Å². The SMILES string of the molecule is CCOCc1c(C(=O)OCC(=O)c2cc(F)ccc2F)oc2ccccc12.